The smallest absolute Gasteiger partial charge is 0.243 e. The van der Waals surface area contributed by atoms with Crippen LogP contribution >= 0.6 is 0 Å². The first-order chi connectivity index (χ1) is 15.4. The molecule has 1 saturated heterocycles. The monoisotopic (exact) mass is 453 g/mol. The van der Waals surface area contributed by atoms with Crippen LogP contribution in [0.25, 0.3) is 0 Å². The van der Waals surface area contributed by atoms with Crippen LogP contribution in [0.2, 0.25) is 0 Å². The summed E-state index contributed by atoms with van der Waals surface area (Å²) < 4.78 is 63.8. The highest BCUT2D eigenvalue weighted by Gasteiger charge is 2.30. The zero-order chi connectivity index (χ0) is 23.3. The Kier molecular flexibility index (Phi) is 7.41. The van der Waals surface area contributed by atoms with E-state index in [0.717, 1.165) is 18.2 Å². The van der Waals surface area contributed by atoms with Gasteiger partial charge in [0.05, 0.1) is 51.3 Å². The van der Waals surface area contributed by atoms with Crippen LogP contribution in [0, 0.1) is 17.5 Å². The highest BCUT2D eigenvalue weighted by molar-refractivity contribution is 5.87. The lowest BCUT2D eigenvalue weighted by Crippen LogP contribution is -2.45. The molecule has 11 heteroatoms. The van der Waals surface area contributed by atoms with Gasteiger partial charge in [0.1, 0.15) is 12.4 Å². The number of carbonyl (C=O) groups is 1. The molecule has 1 amide bonds. The molecule has 1 aliphatic heterocycles. The molecular weight excluding hydrogens is 431 g/mol. The zero-order valence-electron chi connectivity index (χ0n) is 17.4. The van der Waals surface area contributed by atoms with Crippen LogP contribution in [0.3, 0.4) is 0 Å². The quantitative estimate of drug-likeness (QED) is 0.564. The number of anilines is 1. The second kappa shape index (κ2) is 10.2. The number of aromatic nitrogens is 1. The van der Waals surface area contributed by atoms with E-state index in [-0.39, 0.29) is 42.2 Å². The molecule has 2 N–H and O–H groups in total. The Morgan fingerprint density at radius 2 is 1.84 bits per heavy atom. The van der Waals surface area contributed by atoms with Crippen molar-refractivity contribution < 1.29 is 36.9 Å². The van der Waals surface area contributed by atoms with Crippen molar-refractivity contribution in [3.63, 3.8) is 0 Å². The van der Waals surface area contributed by atoms with Crippen molar-refractivity contribution in [2.24, 2.45) is 0 Å². The average molecular weight is 453 g/mol. The lowest BCUT2D eigenvalue weighted by Gasteiger charge is -2.20. The summed E-state index contributed by atoms with van der Waals surface area (Å²) in [5.74, 6) is -3.62. The minimum absolute atomic E-state index is 0.0483. The van der Waals surface area contributed by atoms with Crippen molar-refractivity contribution in [1.82, 2.24) is 10.3 Å². The predicted molar refractivity (Wildman–Crippen MR) is 108 cm³/mol. The van der Waals surface area contributed by atoms with Crippen molar-refractivity contribution in [2.75, 3.05) is 32.8 Å². The van der Waals surface area contributed by atoms with E-state index < -0.39 is 41.7 Å². The molecule has 2 unspecified atom stereocenters. The van der Waals surface area contributed by atoms with Gasteiger partial charge in [0.25, 0.3) is 0 Å². The van der Waals surface area contributed by atoms with Crippen LogP contribution in [0.1, 0.15) is 5.56 Å². The third kappa shape index (κ3) is 5.05. The number of hydrogen-bond donors (Lipinski definition) is 2. The lowest BCUT2D eigenvalue weighted by atomic mass is 10.1. The molecule has 0 radical (unpaired) electrons. The molecule has 8 nitrogen and oxygen atoms in total. The molecule has 3 rings (SSSR count). The minimum atomic E-state index is -0.952. The SMILES string of the molecule is C=CC(=O)NC1COCC1Nc1ncc(OCc2c(F)c(OC)cc(OC)c2F)cc1F. The van der Waals surface area contributed by atoms with Gasteiger partial charge in [0.15, 0.2) is 34.8 Å². The van der Waals surface area contributed by atoms with E-state index in [9.17, 15) is 18.0 Å². The van der Waals surface area contributed by atoms with Gasteiger partial charge in [-0.1, -0.05) is 6.58 Å². The van der Waals surface area contributed by atoms with Crippen LogP contribution < -0.4 is 24.8 Å². The standard InChI is InChI=1S/C21H22F3N3O5/c1-4-18(28)26-14-9-31-10-15(14)27-21-13(22)5-11(7-25-21)32-8-12-19(23)16(29-2)6-17(30-3)20(12)24/h4-7,14-15H,1,8-10H2,2-3H3,(H,25,27)(H,26,28). The Morgan fingerprint density at radius 3 is 2.44 bits per heavy atom. The molecule has 2 aromatic rings. The summed E-state index contributed by atoms with van der Waals surface area (Å²) in [6.07, 6.45) is 2.33. The number of ether oxygens (including phenoxy) is 4. The number of benzene rings is 1. The predicted octanol–water partition coefficient (Wildman–Crippen LogP) is 2.58. The van der Waals surface area contributed by atoms with Crippen molar-refractivity contribution in [2.45, 2.75) is 18.7 Å². The van der Waals surface area contributed by atoms with Gasteiger partial charge in [-0.05, 0) is 6.08 Å². The van der Waals surface area contributed by atoms with Crippen LogP contribution in [0.15, 0.2) is 31.0 Å². The molecule has 2 atom stereocenters. The van der Waals surface area contributed by atoms with E-state index in [1.165, 1.54) is 20.4 Å². The van der Waals surface area contributed by atoms with Crippen molar-refractivity contribution >= 4 is 11.7 Å². The number of carbonyl (C=O) groups excluding carboxylic acids is 1. The Bertz CT molecular complexity index is 977. The maximum absolute atomic E-state index is 14.5. The van der Waals surface area contributed by atoms with Gasteiger partial charge >= 0.3 is 0 Å². The zero-order valence-corrected chi connectivity index (χ0v) is 17.4. The largest absolute Gasteiger partial charge is 0.494 e. The maximum Gasteiger partial charge on any atom is 0.243 e. The Balaban J connectivity index is 1.70. The molecule has 172 valence electrons. The lowest BCUT2D eigenvalue weighted by molar-refractivity contribution is -0.117. The van der Waals surface area contributed by atoms with Gasteiger partial charge in [-0.15, -0.1) is 0 Å². The van der Waals surface area contributed by atoms with Gasteiger partial charge < -0.3 is 29.6 Å². The Morgan fingerprint density at radius 1 is 1.19 bits per heavy atom. The average Bonchev–Trinajstić information content (AvgIpc) is 3.21. The molecule has 32 heavy (non-hydrogen) atoms. The first-order valence-electron chi connectivity index (χ1n) is 9.52. The van der Waals surface area contributed by atoms with Gasteiger partial charge in [-0.2, -0.15) is 0 Å². The summed E-state index contributed by atoms with van der Waals surface area (Å²) in [7, 11) is 2.46. The van der Waals surface area contributed by atoms with Gasteiger partial charge in [0, 0.05) is 12.1 Å². The summed E-state index contributed by atoms with van der Waals surface area (Å²) in [6.45, 7) is 3.32. The normalized spacial score (nSPS) is 17.5. The van der Waals surface area contributed by atoms with Crippen LogP contribution in [0.5, 0.6) is 17.2 Å². The van der Waals surface area contributed by atoms with E-state index in [1.807, 2.05) is 0 Å². The van der Waals surface area contributed by atoms with Crippen molar-refractivity contribution in [1.29, 1.82) is 0 Å². The maximum atomic E-state index is 14.5. The van der Waals surface area contributed by atoms with E-state index >= 15 is 0 Å². The molecule has 1 aromatic heterocycles. The number of nitrogens with one attached hydrogen (secondary N) is 2. The second-order valence-corrected chi connectivity index (χ2v) is 6.79. The fourth-order valence-corrected chi connectivity index (χ4v) is 3.08. The highest BCUT2D eigenvalue weighted by Crippen LogP contribution is 2.32. The molecule has 0 saturated carbocycles. The van der Waals surface area contributed by atoms with Crippen LogP contribution in [-0.4, -0.2) is 50.4 Å². The Labute approximate surface area is 182 Å². The molecular formula is C21H22F3N3O5. The number of halogens is 3. The van der Waals surface area contributed by atoms with Crippen LogP contribution in [-0.2, 0) is 16.1 Å². The van der Waals surface area contributed by atoms with Crippen LogP contribution in [0.4, 0.5) is 19.0 Å². The summed E-state index contributed by atoms with van der Waals surface area (Å²) in [6, 6.07) is 1.29. The summed E-state index contributed by atoms with van der Waals surface area (Å²) in [4.78, 5) is 15.5. The number of hydrogen-bond acceptors (Lipinski definition) is 7. The number of amides is 1. The Hall–Kier alpha value is -3.47. The van der Waals surface area contributed by atoms with E-state index in [0.29, 0.717) is 0 Å². The third-order valence-corrected chi connectivity index (χ3v) is 4.78. The first kappa shape index (κ1) is 23.2. The first-order valence-corrected chi connectivity index (χ1v) is 9.52. The number of rotatable bonds is 9. The topological polar surface area (TPSA) is 90.9 Å². The van der Waals surface area contributed by atoms with Gasteiger partial charge in [-0.25, -0.2) is 18.2 Å². The van der Waals surface area contributed by atoms with Crippen molar-refractivity contribution in [3.8, 4) is 17.2 Å². The molecule has 1 aromatic carbocycles. The second-order valence-electron chi connectivity index (χ2n) is 6.79. The summed E-state index contributed by atoms with van der Waals surface area (Å²) >= 11 is 0. The van der Waals surface area contributed by atoms with Gasteiger partial charge in [-0.3, -0.25) is 4.79 Å². The van der Waals surface area contributed by atoms with E-state index in [2.05, 4.69) is 22.2 Å². The van der Waals surface area contributed by atoms with Gasteiger partial charge in [0.2, 0.25) is 5.91 Å². The van der Waals surface area contributed by atoms with Crippen molar-refractivity contribution in [3.05, 3.63) is 54.0 Å². The number of methoxy groups -OCH3 is 2. The molecule has 1 aliphatic rings. The minimum Gasteiger partial charge on any atom is -0.494 e. The molecule has 2 heterocycles. The van der Waals surface area contributed by atoms with E-state index in [4.69, 9.17) is 18.9 Å². The number of nitrogens with zero attached hydrogens (tertiary/aromatic N) is 1. The summed E-state index contributed by atoms with van der Waals surface area (Å²) in [5, 5.41) is 5.56. The van der Waals surface area contributed by atoms with E-state index in [1.54, 1.807) is 0 Å². The number of pyridine rings is 1. The molecule has 0 bridgehead atoms. The highest BCUT2D eigenvalue weighted by atomic mass is 19.1. The summed E-state index contributed by atoms with van der Waals surface area (Å²) in [5.41, 5.74) is -0.437. The fourth-order valence-electron chi connectivity index (χ4n) is 3.08. The third-order valence-electron chi connectivity index (χ3n) is 4.78. The fraction of sp³-hybridized carbons (Fsp3) is 0.333. The molecule has 0 spiro atoms. The molecule has 0 aliphatic carbocycles. The molecule has 1 fully saturated rings.